The maximum Gasteiger partial charge on any atom is 0.104 e. The molecule has 2 nitrogen and oxygen atoms in total. The average Bonchev–Trinajstić information content (AvgIpc) is 3.20. The quantitative estimate of drug-likeness (QED) is 0.522. The summed E-state index contributed by atoms with van der Waals surface area (Å²) in [5.41, 5.74) is 1.45. The van der Waals surface area contributed by atoms with Gasteiger partial charge in [-0.05, 0) is 13.8 Å². The Morgan fingerprint density at radius 1 is 1.18 bits per heavy atom. The molecule has 1 aromatic carbocycles. The zero-order valence-electron chi connectivity index (χ0n) is 11.1. The highest BCUT2D eigenvalue weighted by molar-refractivity contribution is 5.13. The summed E-state index contributed by atoms with van der Waals surface area (Å²) in [6.45, 7) is 10.4. The standard InChI is InChI=1S/C15H24NO/c1-3-16(4-2,11-10-15-13-17-15)12-14-8-6-5-7-9-14/h5-9,15H,3-4,10-13H2,1-2H3/q+1. The summed E-state index contributed by atoms with van der Waals surface area (Å²) in [7, 11) is 0. The minimum absolute atomic E-state index is 0.557. The van der Waals surface area contributed by atoms with Crippen molar-refractivity contribution in [1.82, 2.24) is 0 Å². The van der Waals surface area contributed by atoms with E-state index in [-0.39, 0.29) is 0 Å². The molecule has 0 saturated carbocycles. The molecular weight excluding hydrogens is 210 g/mol. The molecule has 0 N–H and O–H groups in total. The van der Waals surface area contributed by atoms with Gasteiger partial charge in [0.05, 0.1) is 32.3 Å². The van der Waals surface area contributed by atoms with Crippen LogP contribution in [0.3, 0.4) is 0 Å². The lowest BCUT2D eigenvalue weighted by atomic mass is 10.1. The van der Waals surface area contributed by atoms with Crippen LogP contribution in [0.1, 0.15) is 25.8 Å². The van der Waals surface area contributed by atoms with Crippen molar-refractivity contribution in [3.8, 4) is 0 Å². The first-order chi connectivity index (χ1) is 8.28. The number of hydrogen-bond acceptors (Lipinski definition) is 1. The van der Waals surface area contributed by atoms with Crippen LogP contribution in [-0.2, 0) is 11.3 Å². The van der Waals surface area contributed by atoms with Gasteiger partial charge >= 0.3 is 0 Å². The number of quaternary nitrogens is 1. The van der Waals surface area contributed by atoms with Crippen molar-refractivity contribution < 1.29 is 9.22 Å². The van der Waals surface area contributed by atoms with Crippen molar-refractivity contribution in [2.75, 3.05) is 26.2 Å². The Morgan fingerprint density at radius 3 is 2.35 bits per heavy atom. The number of ether oxygens (including phenoxy) is 1. The van der Waals surface area contributed by atoms with Gasteiger partial charge in [-0.2, -0.15) is 0 Å². The monoisotopic (exact) mass is 234 g/mol. The van der Waals surface area contributed by atoms with E-state index in [1.807, 2.05) is 0 Å². The molecule has 1 aromatic rings. The summed E-state index contributed by atoms with van der Waals surface area (Å²) < 4.78 is 6.52. The van der Waals surface area contributed by atoms with Crippen molar-refractivity contribution in [3.63, 3.8) is 0 Å². The van der Waals surface area contributed by atoms with Gasteiger partial charge in [0.15, 0.2) is 0 Å². The Kier molecular flexibility index (Phi) is 4.19. The molecule has 1 saturated heterocycles. The molecule has 0 spiro atoms. The number of nitrogens with zero attached hydrogens (tertiary/aromatic N) is 1. The second-order valence-electron chi connectivity index (χ2n) is 5.09. The third kappa shape index (κ3) is 3.55. The molecular formula is C15H24NO+. The van der Waals surface area contributed by atoms with E-state index in [1.54, 1.807) is 0 Å². The SMILES string of the molecule is CC[N+](CC)(CCC1CO1)Cc1ccccc1. The molecule has 0 amide bonds. The first-order valence-corrected chi connectivity index (χ1v) is 6.78. The fourth-order valence-electron chi connectivity index (χ4n) is 2.47. The van der Waals surface area contributed by atoms with Gasteiger partial charge in [0, 0.05) is 12.0 Å². The Bertz CT molecular complexity index is 328. The Labute approximate surface area is 105 Å². The van der Waals surface area contributed by atoms with Crippen molar-refractivity contribution in [2.45, 2.75) is 32.9 Å². The van der Waals surface area contributed by atoms with Crippen LogP contribution in [0.2, 0.25) is 0 Å². The topological polar surface area (TPSA) is 12.5 Å². The fraction of sp³-hybridized carbons (Fsp3) is 0.600. The summed E-state index contributed by atoms with van der Waals surface area (Å²) in [5.74, 6) is 0. The lowest BCUT2D eigenvalue weighted by Crippen LogP contribution is -2.48. The van der Waals surface area contributed by atoms with Crippen LogP contribution in [0.15, 0.2) is 30.3 Å². The third-order valence-electron chi connectivity index (χ3n) is 4.03. The van der Waals surface area contributed by atoms with Gasteiger partial charge in [-0.25, -0.2) is 0 Å². The maximum atomic E-state index is 5.33. The van der Waals surface area contributed by atoms with E-state index in [4.69, 9.17) is 4.74 Å². The van der Waals surface area contributed by atoms with E-state index in [0.717, 1.165) is 13.2 Å². The Hall–Kier alpha value is -0.860. The summed E-state index contributed by atoms with van der Waals surface area (Å²) in [6.07, 6.45) is 1.77. The third-order valence-corrected chi connectivity index (χ3v) is 4.03. The molecule has 0 radical (unpaired) electrons. The normalized spacial score (nSPS) is 19.3. The van der Waals surface area contributed by atoms with E-state index in [0.29, 0.717) is 6.10 Å². The zero-order chi connectivity index (χ0) is 12.1. The van der Waals surface area contributed by atoms with Crippen molar-refractivity contribution >= 4 is 0 Å². The average molecular weight is 234 g/mol. The molecule has 0 aromatic heterocycles. The lowest BCUT2D eigenvalue weighted by Gasteiger charge is -2.37. The van der Waals surface area contributed by atoms with Crippen LogP contribution in [0.4, 0.5) is 0 Å². The lowest BCUT2D eigenvalue weighted by molar-refractivity contribution is -0.938. The molecule has 2 rings (SSSR count). The van der Waals surface area contributed by atoms with E-state index >= 15 is 0 Å². The van der Waals surface area contributed by atoms with Gasteiger partial charge in [0.1, 0.15) is 6.54 Å². The van der Waals surface area contributed by atoms with Gasteiger partial charge in [-0.15, -0.1) is 0 Å². The van der Waals surface area contributed by atoms with E-state index in [2.05, 4.69) is 44.2 Å². The van der Waals surface area contributed by atoms with E-state index < -0.39 is 0 Å². The molecule has 0 bridgehead atoms. The van der Waals surface area contributed by atoms with Crippen LogP contribution in [-0.4, -0.2) is 36.8 Å². The highest BCUT2D eigenvalue weighted by atomic mass is 16.6. The summed E-state index contributed by atoms with van der Waals surface area (Å²) in [6, 6.07) is 10.9. The molecule has 0 aliphatic carbocycles. The van der Waals surface area contributed by atoms with Gasteiger partial charge in [0.2, 0.25) is 0 Å². The summed E-state index contributed by atoms with van der Waals surface area (Å²) in [5, 5.41) is 0. The van der Waals surface area contributed by atoms with Crippen LogP contribution >= 0.6 is 0 Å². The van der Waals surface area contributed by atoms with Crippen LogP contribution in [0.25, 0.3) is 0 Å². The first kappa shape index (κ1) is 12.6. The number of rotatable bonds is 7. The molecule has 2 heteroatoms. The maximum absolute atomic E-state index is 5.33. The second kappa shape index (κ2) is 5.65. The van der Waals surface area contributed by atoms with E-state index in [9.17, 15) is 0 Å². The van der Waals surface area contributed by atoms with Crippen molar-refractivity contribution in [1.29, 1.82) is 0 Å². The molecule has 1 aliphatic heterocycles. The van der Waals surface area contributed by atoms with Gasteiger partial charge in [-0.3, -0.25) is 0 Å². The van der Waals surface area contributed by atoms with Crippen molar-refractivity contribution in [2.24, 2.45) is 0 Å². The number of benzene rings is 1. The molecule has 1 fully saturated rings. The molecule has 17 heavy (non-hydrogen) atoms. The fourth-order valence-corrected chi connectivity index (χ4v) is 2.47. The number of hydrogen-bond donors (Lipinski definition) is 0. The predicted octanol–water partition coefficient (Wildman–Crippen LogP) is 2.83. The van der Waals surface area contributed by atoms with Crippen LogP contribution in [0.5, 0.6) is 0 Å². The largest absolute Gasteiger partial charge is 0.373 e. The molecule has 1 aliphatic rings. The minimum atomic E-state index is 0.557. The van der Waals surface area contributed by atoms with Crippen LogP contribution < -0.4 is 0 Å². The number of epoxide rings is 1. The minimum Gasteiger partial charge on any atom is -0.373 e. The van der Waals surface area contributed by atoms with Gasteiger partial charge in [0.25, 0.3) is 0 Å². The van der Waals surface area contributed by atoms with Gasteiger partial charge < -0.3 is 9.22 Å². The first-order valence-electron chi connectivity index (χ1n) is 6.78. The zero-order valence-corrected chi connectivity index (χ0v) is 11.1. The molecule has 1 atom stereocenters. The van der Waals surface area contributed by atoms with Crippen molar-refractivity contribution in [3.05, 3.63) is 35.9 Å². The summed E-state index contributed by atoms with van der Waals surface area (Å²) in [4.78, 5) is 0. The molecule has 1 heterocycles. The summed E-state index contributed by atoms with van der Waals surface area (Å²) >= 11 is 0. The van der Waals surface area contributed by atoms with E-state index in [1.165, 1.54) is 36.1 Å². The molecule has 94 valence electrons. The highest BCUT2D eigenvalue weighted by Crippen LogP contribution is 2.20. The predicted molar refractivity (Wildman–Crippen MR) is 70.7 cm³/mol. The Morgan fingerprint density at radius 2 is 1.82 bits per heavy atom. The Balaban J connectivity index is 1.98. The van der Waals surface area contributed by atoms with Crippen LogP contribution in [0, 0.1) is 0 Å². The van der Waals surface area contributed by atoms with Gasteiger partial charge in [-0.1, -0.05) is 30.3 Å². The second-order valence-corrected chi connectivity index (χ2v) is 5.09. The highest BCUT2D eigenvalue weighted by Gasteiger charge is 2.29. The smallest absolute Gasteiger partial charge is 0.104 e. The molecule has 1 unspecified atom stereocenters.